The average molecular weight is 426 g/mol. The number of amidine groups is 1. The molecule has 3 aromatic rings. The molecule has 0 spiro atoms. The third kappa shape index (κ3) is 3.45. The molecule has 1 atom stereocenters. The number of hydrogen-bond acceptors (Lipinski definition) is 6. The van der Waals surface area contributed by atoms with E-state index in [1.54, 1.807) is 6.07 Å². The Labute approximate surface area is 185 Å². The number of pyridine rings is 1. The van der Waals surface area contributed by atoms with Gasteiger partial charge in [0.1, 0.15) is 12.4 Å². The molecule has 2 aromatic carbocycles. The summed E-state index contributed by atoms with van der Waals surface area (Å²) in [5.41, 5.74) is 10.8. The summed E-state index contributed by atoms with van der Waals surface area (Å²) in [7, 11) is 0. The summed E-state index contributed by atoms with van der Waals surface area (Å²) in [5.74, 6) is 1.00. The van der Waals surface area contributed by atoms with E-state index in [0.29, 0.717) is 30.4 Å². The highest BCUT2D eigenvalue weighted by molar-refractivity contribution is 5.70. The first kappa shape index (κ1) is 20.0. The van der Waals surface area contributed by atoms with Gasteiger partial charge in [0, 0.05) is 22.7 Å². The van der Waals surface area contributed by atoms with Gasteiger partial charge >= 0.3 is 0 Å². The van der Waals surface area contributed by atoms with E-state index in [1.165, 1.54) is 0 Å². The Morgan fingerprint density at radius 3 is 2.75 bits per heavy atom. The van der Waals surface area contributed by atoms with Crippen LogP contribution in [0, 0.1) is 16.7 Å². The predicted molar refractivity (Wildman–Crippen MR) is 119 cm³/mol. The first-order valence-corrected chi connectivity index (χ1v) is 10.3. The monoisotopic (exact) mass is 426 g/mol. The lowest BCUT2D eigenvalue weighted by Crippen LogP contribution is -2.44. The molecular formula is C25H22N4O3. The van der Waals surface area contributed by atoms with Crippen molar-refractivity contribution < 1.29 is 14.2 Å². The first-order valence-electron chi connectivity index (χ1n) is 10.3. The van der Waals surface area contributed by atoms with Crippen molar-refractivity contribution in [3.05, 3.63) is 77.0 Å². The smallest absolute Gasteiger partial charge is 0.279 e. The minimum Gasteiger partial charge on any atom is -0.465 e. The Hall–Kier alpha value is -3.89. The maximum atomic E-state index is 9.26. The van der Waals surface area contributed by atoms with Crippen LogP contribution in [0.15, 0.2) is 54.7 Å². The second-order valence-electron chi connectivity index (χ2n) is 8.45. The predicted octanol–water partition coefficient (Wildman–Crippen LogP) is 4.06. The molecule has 1 fully saturated rings. The lowest BCUT2D eigenvalue weighted by molar-refractivity contribution is -0.0502. The van der Waals surface area contributed by atoms with Crippen molar-refractivity contribution in [3.8, 4) is 28.8 Å². The van der Waals surface area contributed by atoms with E-state index in [0.717, 1.165) is 27.8 Å². The van der Waals surface area contributed by atoms with Gasteiger partial charge in [-0.1, -0.05) is 25.1 Å². The molecule has 1 aromatic heterocycles. The Morgan fingerprint density at radius 1 is 1.22 bits per heavy atom. The fourth-order valence-electron chi connectivity index (χ4n) is 4.20. The number of ether oxygens (including phenoxy) is 3. The van der Waals surface area contributed by atoms with Crippen LogP contribution >= 0.6 is 0 Å². The van der Waals surface area contributed by atoms with Crippen LogP contribution in [0.4, 0.5) is 0 Å². The van der Waals surface area contributed by atoms with Crippen molar-refractivity contribution in [3.63, 3.8) is 0 Å². The van der Waals surface area contributed by atoms with Crippen LogP contribution in [0.1, 0.15) is 35.1 Å². The molecule has 3 heterocycles. The van der Waals surface area contributed by atoms with Crippen LogP contribution in [0.3, 0.4) is 0 Å². The summed E-state index contributed by atoms with van der Waals surface area (Å²) in [6.07, 6.45) is 1.84. The number of nitriles is 1. The summed E-state index contributed by atoms with van der Waals surface area (Å²) in [6.45, 7) is 3.65. The fraction of sp³-hybridized carbons (Fsp3) is 0.240. The number of nitrogens with one attached hydrogen (secondary N) is 1. The number of nitrogens with zero attached hydrogens (tertiary/aromatic N) is 2. The highest BCUT2D eigenvalue weighted by Crippen LogP contribution is 2.46. The topological polar surface area (TPSA) is 114 Å². The third-order valence-electron chi connectivity index (χ3n) is 6.11. The van der Waals surface area contributed by atoms with Gasteiger partial charge in [0.25, 0.3) is 6.02 Å². The van der Waals surface area contributed by atoms with Gasteiger partial charge < -0.3 is 19.9 Å². The van der Waals surface area contributed by atoms with Gasteiger partial charge in [0.15, 0.2) is 0 Å². The summed E-state index contributed by atoms with van der Waals surface area (Å²) in [4.78, 5) is 4.59. The second kappa shape index (κ2) is 7.66. The minimum absolute atomic E-state index is 0.0755. The quantitative estimate of drug-likeness (QED) is 0.480. The molecule has 5 rings (SSSR count). The Balaban J connectivity index is 1.60. The molecule has 2 aliphatic rings. The summed E-state index contributed by atoms with van der Waals surface area (Å²) in [6, 6.07) is 17.3. The van der Waals surface area contributed by atoms with Crippen LogP contribution in [0.25, 0.3) is 11.1 Å². The van der Waals surface area contributed by atoms with Crippen molar-refractivity contribution >= 4 is 6.02 Å². The van der Waals surface area contributed by atoms with Crippen molar-refractivity contribution in [1.82, 2.24) is 4.98 Å². The summed E-state index contributed by atoms with van der Waals surface area (Å²) in [5, 5.41) is 16.8. The standard InChI is InChI=1S/C25H22N4O3/c1-25(13-30-14-25)18-9-20-21(12-31-24(27)28)19-8-17(16-4-2-3-15(7-16)10-26)5-6-22(19)32-23(20)29-11-18/h2-9,11,21H,12-14H2,1H3,(H3,27,28)/t21-/m1/s1. The highest BCUT2D eigenvalue weighted by Gasteiger charge is 2.38. The molecule has 160 valence electrons. The number of benzene rings is 2. The van der Waals surface area contributed by atoms with E-state index in [9.17, 15) is 5.26 Å². The normalized spacial score (nSPS) is 17.7. The van der Waals surface area contributed by atoms with E-state index in [1.807, 2.05) is 42.6 Å². The number of rotatable bonds is 4. The number of fused-ring (bicyclic) bond motifs is 2. The SMILES string of the molecule is CC1(c2cnc3c(c2)[C@H](COC(=N)N)c2cc(-c4cccc(C#N)c4)ccc2O3)COC1. The zero-order chi connectivity index (χ0) is 22.3. The van der Waals surface area contributed by atoms with Crippen LogP contribution in [-0.2, 0) is 14.9 Å². The molecule has 32 heavy (non-hydrogen) atoms. The zero-order valence-corrected chi connectivity index (χ0v) is 17.6. The van der Waals surface area contributed by atoms with Crippen LogP contribution in [0.5, 0.6) is 11.6 Å². The van der Waals surface area contributed by atoms with Gasteiger partial charge in [-0.05, 0) is 47.0 Å². The molecule has 2 aliphatic heterocycles. The lowest BCUT2D eigenvalue weighted by Gasteiger charge is -2.39. The van der Waals surface area contributed by atoms with Gasteiger partial charge in [-0.15, -0.1) is 0 Å². The molecule has 0 saturated carbocycles. The number of nitrogens with two attached hydrogens (primary N) is 1. The summed E-state index contributed by atoms with van der Waals surface area (Å²) < 4.78 is 17.0. The molecule has 0 radical (unpaired) electrons. The largest absolute Gasteiger partial charge is 0.465 e. The number of aromatic nitrogens is 1. The molecule has 3 N–H and O–H groups in total. The lowest BCUT2D eigenvalue weighted by atomic mass is 9.79. The van der Waals surface area contributed by atoms with Crippen molar-refractivity contribution in [2.24, 2.45) is 5.73 Å². The van der Waals surface area contributed by atoms with Gasteiger partial charge in [0.2, 0.25) is 5.88 Å². The van der Waals surface area contributed by atoms with Crippen molar-refractivity contribution in [1.29, 1.82) is 10.7 Å². The van der Waals surface area contributed by atoms with Gasteiger partial charge in [0.05, 0.1) is 30.8 Å². The molecule has 0 bridgehead atoms. The molecule has 0 aliphatic carbocycles. The van der Waals surface area contributed by atoms with Crippen LogP contribution < -0.4 is 10.5 Å². The molecule has 0 amide bonds. The maximum absolute atomic E-state index is 9.26. The van der Waals surface area contributed by atoms with Gasteiger partial charge in [-0.2, -0.15) is 5.26 Å². The third-order valence-corrected chi connectivity index (χ3v) is 6.11. The average Bonchev–Trinajstić information content (AvgIpc) is 2.79. The second-order valence-corrected chi connectivity index (χ2v) is 8.45. The van der Waals surface area contributed by atoms with Gasteiger partial charge in [-0.3, -0.25) is 5.41 Å². The summed E-state index contributed by atoms with van der Waals surface area (Å²) >= 11 is 0. The Kier molecular flexibility index (Phi) is 4.80. The van der Waals surface area contributed by atoms with Crippen LogP contribution in [0.2, 0.25) is 0 Å². The van der Waals surface area contributed by atoms with Crippen LogP contribution in [-0.4, -0.2) is 30.8 Å². The fourth-order valence-corrected chi connectivity index (χ4v) is 4.20. The minimum atomic E-state index is -0.332. The van der Waals surface area contributed by atoms with E-state index in [-0.39, 0.29) is 24.0 Å². The van der Waals surface area contributed by atoms with E-state index >= 15 is 0 Å². The molecule has 7 nitrogen and oxygen atoms in total. The Bertz CT molecular complexity index is 1260. The molecule has 7 heteroatoms. The van der Waals surface area contributed by atoms with E-state index < -0.39 is 0 Å². The number of hydrogen-bond donors (Lipinski definition) is 2. The molecule has 1 saturated heterocycles. The van der Waals surface area contributed by atoms with E-state index in [4.69, 9.17) is 25.4 Å². The van der Waals surface area contributed by atoms with E-state index in [2.05, 4.69) is 24.0 Å². The zero-order valence-electron chi connectivity index (χ0n) is 17.6. The Morgan fingerprint density at radius 2 is 2.03 bits per heavy atom. The highest BCUT2D eigenvalue weighted by atomic mass is 16.5. The first-order chi connectivity index (χ1) is 15.5. The molecular weight excluding hydrogens is 404 g/mol. The van der Waals surface area contributed by atoms with Crippen molar-refractivity contribution in [2.75, 3.05) is 19.8 Å². The van der Waals surface area contributed by atoms with Crippen molar-refractivity contribution in [2.45, 2.75) is 18.3 Å². The van der Waals surface area contributed by atoms with Gasteiger partial charge in [-0.25, -0.2) is 4.98 Å². The molecule has 0 unspecified atom stereocenters. The maximum Gasteiger partial charge on any atom is 0.279 e.